The fraction of sp³-hybridized carbons (Fsp3) is 0.333. The Labute approximate surface area is 125 Å². The number of rotatable bonds is 5. The molecule has 1 N–H and O–H groups in total. The van der Waals surface area contributed by atoms with E-state index in [4.69, 9.17) is 6.42 Å². The number of nitrogens with one attached hydrogen (secondary N) is 1. The first-order valence-electron chi connectivity index (χ1n) is 5.31. The molecule has 0 spiro atoms. The molecule has 0 saturated carbocycles. The second-order valence-corrected chi connectivity index (χ2v) is 7.16. The van der Waals surface area contributed by atoms with Crippen LogP contribution >= 0.6 is 31.9 Å². The number of hydrogen-bond donors (Lipinski definition) is 1. The van der Waals surface area contributed by atoms with Crippen molar-refractivity contribution in [3.05, 3.63) is 27.1 Å². The van der Waals surface area contributed by atoms with Crippen LogP contribution in [0.4, 0.5) is 0 Å². The Balaban J connectivity index is 3.03. The second-order valence-electron chi connectivity index (χ2n) is 3.71. The lowest BCUT2D eigenvalue weighted by molar-refractivity contribution is 0.543. The second kappa shape index (κ2) is 6.71. The Morgan fingerprint density at radius 2 is 2.11 bits per heavy atom. The first-order chi connectivity index (χ1) is 8.40. The van der Waals surface area contributed by atoms with Gasteiger partial charge in [-0.3, -0.25) is 0 Å². The van der Waals surface area contributed by atoms with E-state index >= 15 is 0 Å². The summed E-state index contributed by atoms with van der Waals surface area (Å²) in [6, 6.07) is 4.67. The molecule has 1 rings (SSSR count). The van der Waals surface area contributed by atoms with Gasteiger partial charge in [0, 0.05) is 21.4 Å². The van der Waals surface area contributed by atoms with Gasteiger partial charge in [-0.15, -0.1) is 12.3 Å². The normalized spacial score (nSPS) is 13.0. The minimum Gasteiger partial charge on any atom is -0.207 e. The molecule has 0 radical (unpaired) electrons. The molecule has 1 aromatic carbocycles. The van der Waals surface area contributed by atoms with Crippen LogP contribution < -0.4 is 4.72 Å². The summed E-state index contributed by atoms with van der Waals surface area (Å²) in [7, 11) is -3.55. The molecule has 98 valence electrons. The summed E-state index contributed by atoms with van der Waals surface area (Å²) < 4.78 is 28.3. The third-order valence-corrected chi connectivity index (χ3v) is 5.35. The zero-order valence-electron chi connectivity index (χ0n) is 9.78. The zero-order valence-corrected chi connectivity index (χ0v) is 13.8. The van der Waals surface area contributed by atoms with Crippen LogP contribution in [0.25, 0.3) is 0 Å². The van der Waals surface area contributed by atoms with Crippen molar-refractivity contribution in [2.75, 3.05) is 0 Å². The van der Waals surface area contributed by atoms with Crippen molar-refractivity contribution in [2.45, 2.75) is 30.7 Å². The fourth-order valence-electron chi connectivity index (χ4n) is 1.39. The summed E-state index contributed by atoms with van der Waals surface area (Å²) in [6.07, 6.45) is 6.24. The van der Waals surface area contributed by atoms with E-state index in [0.717, 1.165) is 4.47 Å². The Hall–Kier alpha value is -0.350. The highest BCUT2D eigenvalue weighted by atomic mass is 79.9. The molecule has 0 saturated heterocycles. The predicted molar refractivity (Wildman–Crippen MR) is 79.7 cm³/mol. The van der Waals surface area contributed by atoms with Crippen molar-refractivity contribution in [3.63, 3.8) is 0 Å². The van der Waals surface area contributed by atoms with Crippen molar-refractivity contribution < 1.29 is 8.42 Å². The third-order valence-electron chi connectivity index (χ3n) is 2.36. The van der Waals surface area contributed by atoms with E-state index in [9.17, 15) is 8.42 Å². The summed E-state index contributed by atoms with van der Waals surface area (Å²) in [6.45, 7) is 1.89. The van der Waals surface area contributed by atoms with Gasteiger partial charge in [0.15, 0.2) is 0 Å². The molecule has 1 aromatic rings. The average molecular weight is 395 g/mol. The monoisotopic (exact) mass is 393 g/mol. The van der Waals surface area contributed by atoms with E-state index in [0.29, 0.717) is 17.3 Å². The van der Waals surface area contributed by atoms with E-state index in [1.54, 1.807) is 18.2 Å². The summed E-state index contributed by atoms with van der Waals surface area (Å²) >= 11 is 6.52. The molecule has 6 heteroatoms. The molecule has 3 nitrogen and oxygen atoms in total. The molecule has 0 fully saturated rings. The minimum atomic E-state index is -3.55. The fourth-order valence-corrected chi connectivity index (χ4v) is 4.45. The largest absolute Gasteiger partial charge is 0.241 e. The van der Waals surface area contributed by atoms with Crippen LogP contribution in [0.5, 0.6) is 0 Å². The molecule has 0 heterocycles. The van der Waals surface area contributed by atoms with Crippen LogP contribution in [0.2, 0.25) is 0 Å². The lowest BCUT2D eigenvalue weighted by Crippen LogP contribution is -2.34. The molecule has 0 aliphatic carbocycles. The zero-order chi connectivity index (χ0) is 13.8. The number of sulfonamides is 1. The van der Waals surface area contributed by atoms with Crippen molar-refractivity contribution >= 4 is 41.9 Å². The van der Waals surface area contributed by atoms with Gasteiger partial charge in [0.05, 0.1) is 4.90 Å². The van der Waals surface area contributed by atoms with Crippen LogP contribution in [0.15, 0.2) is 32.0 Å². The van der Waals surface area contributed by atoms with Crippen molar-refractivity contribution in [1.29, 1.82) is 0 Å². The summed E-state index contributed by atoms with van der Waals surface area (Å²) in [4.78, 5) is 0.209. The molecule has 0 amide bonds. The van der Waals surface area contributed by atoms with Gasteiger partial charge in [0.1, 0.15) is 0 Å². The number of terminal acetylenes is 1. The topological polar surface area (TPSA) is 46.2 Å². The van der Waals surface area contributed by atoms with Crippen LogP contribution in [-0.2, 0) is 10.0 Å². The van der Waals surface area contributed by atoms with Crippen molar-refractivity contribution in [3.8, 4) is 12.3 Å². The number of halogens is 2. The lowest BCUT2D eigenvalue weighted by atomic mass is 10.2. The van der Waals surface area contributed by atoms with Crippen LogP contribution in [-0.4, -0.2) is 14.5 Å². The van der Waals surface area contributed by atoms with Crippen LogP contribution in [0.1, 0.15) is 19.8 Å². The summed E-state index contributed by atoms with van der Waals surface area (Å²) in [5, 5.41) is 0. The quantitative estimate of drug-likeness (QED) is 0.778. The van der Waals surface area contributed by atoms with Gasteiger partial charge in [-0.1, -0.05) is 22.9 Å². The Morgan fingerprint density at radius 1 is 1.44 bits per heavy atom. The van der Waals surface area contributed by atoms with Crippen molar-refractivity contribution in [1.82, 2.24) is 4.72 Å². The van der Waals surface area contributed by atoms with E-state index in [2.05, 4.69) is 42.5 Å². The third kappa shape index (κ3) is 4.09. The van der Waals surface area contributed by atoms with Gasteiger partial charge in [-0.25, -0.2) is 13.1 Å². The SMILES string of the molecule is C#CCC(CC)NS(=O)(=O)c1ccc(Br)cc1Br. The maximum absolute atomic E-state index is 12.2. The van der Waals surface area contributed by atoms with E-state index in [1.165, 1.54) is 0 Å². The van der Waals surface area contributed by atoms with Gasteiger partial charge in [0.2, 0.25) is 10.0 Å². The number of hydrogen-bond acceptors (Lipinski definition) is 2. The van der Waals surface area contributed by atoms with Gasteiger partial charge in [0.25, 0.3) is 0 Å². The van der Waals surface area contributed by atoms with Crippen LogP contribution in [0, 0.1) is 12.3 Å². The molecule has 0 aliphatic heterocycles. The van der Waals surface area contributed by atoms with Gasteiger partial charge < -0.3 is 0 Å². The molecule has 18 heavy (non-hydrogen) atoms. The molecule has 0 aliphatic rings. The van der Waals surface area contributed by atoms with E-state index in [1.807, 2.05) is 6.92 Å². The highest BCUT2D eigenvalue weighted by molar-refractivity contribution is 9.11. The summed E-state index contributed by atoms with van der Waals surface area (Å²) in [5.74, 6) is 2.47. The standard InChI is InChI=1S/C12H13Br2NO2S/c1-3-5-10(4-2)15-18(16,17)12-7-6-9(13)8-11(12)14/h1,6-8,10,15H,4-5H2,2H3. The van der Waals surface area contributed by atoms with Gasteiger partial charge >= 0.3 is 0 Å². The Bertz CT molecular complexity index is 564. The highest BCUT2D eigenvalue weighted by Gasteiger charge is 2.21. The molecular formula is C12H13Br2NO2S. The van der Waals surface area contributed by atoms with E-state index < -0.39 is 10.0 Å². The first kappa shape index (κ1) is 15.7. The van der Waals surface area contributed by atoms with E-state index in [-0.39, 0.29) is 10.9 Å². The van der Waals surface area contributed by atoms with Crippen molar-refractivity contribution in [2.24, 2.45) is 0 Å². The average Bonchev–Trinajstić information content (AvgIpc) is 2.27. The Morgan fingerprint density at radius 3 is 2.61 bits per heavy atom. The Kier molecular flexibility index (Phi) is 5.86. The molecule has 0 aromatic heterocycles. The lowest BCUT2D eigenvalue weighted by Gasteiger charge is -2.15. The molecule has 0 bridgehead atoms. The maximum atomic E-state index is 12.2. The molecule has 1 atom stereocenters. The smallest absolute Gasteiger partial charge is 0.207 e. The maximum Gasteiger partial charge on any atom is 0.241 e. The molecular weight excluding hydrogens is 382 g/mol. The summed E-state index contributed by atoms with van der Waals surface area (Å²) in [5.41, 5.74) is 0. The highest BCUT2D eigenvalue weighted by Crippen LogP contribution is 2.25. The number of benzene rings is 1. The van der Waals surface area contributed by atoms with Crippen LogP contribution in [0.3, 0.4) is 0 Å². The van der Waals surface area contributed by atoms with Gasteiger partial charge in [-0.2, -0.15) is 0 Å². The molecule has 1 unspecified atom stereocenters. The minimum absolute atomic E-state index is 0.209. The predicted octanol–water partition coefficient (Wildman–Crippen LogP) is 3.29. The van der Waals surface area contributed by atoms with Gasteiger partial charge in [-0.05, 0) is 40.5 Å². The first-order valence-corrected chi connectivity index (χ1v) is 8.38.